The Labute approximate surface area is 147 Å². The minimum absolute atomic E-state index is 0.0849. The van der Waals surface area contributed by atoms with E-state index in [9.17, 15) is 4.79 Å². The number of pyridine rings is 1. The van der Waals surface area contributed by atoms with Gasteiger partial charge >= 0.3 is 0 Å². The summed E-state index contributed by atoms with van der Waals surface area (Å²) in [6.45, 7) is 0.701. The van der Waals surface area contributed by atoms with Gasteiger partial charge in [0, 0.05) is 48.1 Å². The molecular weight excluding hydrogens is 310 g/mol. The summed E-state index contributed by atoms with van der Waals surface area (Å²) in [7, 11) is 1.88. The molecule has 1 aromatic carbocycles. The van der Waals surface area contributed by atoms with E-state index in [1.54, 1.807) is 17.3 Å². The molecule has 128 valence electrons. The van der Waals surface area contributed by atoms with E-state index in [-0.39, 0.29) is 5.91 Å². The fourth-order valence-electron chi connectivity index (χ4n) is 3.71. The van der Waals surface area contributed by atoms with Gasteiger partial charge in [-0.3, -0.25) is 9.78 Å². The second kappa shape index (κ2) is 6.71. The van der Waals surface area contributed by atoms with Gasteiger partial charge in [-0.05, 0) is 73.6 Å². The first kappa shape index (κ1) is 15.9. The Morgan fingerprint density at radius 2 is 1.96 bits per heavy atom. The summed E-state index contributed by atoms with van der Waals surface area (Å²) < 4.78 is 0. The molecule has 0 fully saturated rings. The van der Waals surface area contributed by atoms with Crippen LogP contribution in [-0.2, 0) is 19.3 Å². The molecular formula is C21H23N3O. The molecule has 0 bridgehead atoms. The van der Waals surface area contributed by atoms with E-state index in [4.69, 9.17) is 0 Å². The second-order valence-corrected chi connectivity index (χ2v) is 6.88. The van der Waals surface area contributed by atoms with Crippen LogP contribution in [0.25, 0.3) is 10.9 Å². The number of likely N-dealkylation sites (N-methyl/N-ethyl adjacent to an activating group) is 1. The van der Waals surface area contributed by atoms with E-state index < -0.39 is 0 Å². The molecule has 0 radical (unpaired) electrons. The average molecular weight is 333 g/mol. The highest BCUT2D eigenvalue weighted by molar-refractivity contribution is 5.99. The third kappa shape index (κ3) is 3.16. The zero-order valence-electron chi connectivity index (χ0n) is 14.6. The molecule has 2 aromatic heterocycles. The number of nitrogens with one attached hydrogen (secondary N) is 1. The zero-order valence-corrected chi connectivity index (χ0v) is 14.6. The summed E-state index contributed by atoms with van der Waals surface area (Å²) in [5.74, 6) is 0.0849. The molecule has 0 unspecified atom stereocenters. The van der Waals surface area contributed by atoms with Crippen LogP contribution in [0.15, 0.2) is 42.7 Å². The number of carbonyl (C=O) groups excluding carboxylic acids is 1. The summed E-state index contributed by atoms with van der Waals surface area (Å²) >= 11 is 0. The van der Waals surface area contributed by atoms with Crippen LogP contribution in [0.3, 0.4) is 0 Å². The Morgan fingerprint density at radius 1 is 1.16 bits per heavy atom. The lowest BCUT2D eigenvalue weighted by Crippen LogP contribution is -2.28. The number of hydrogen-bond acceptors (Lipinski definition) is 2. The van der Waals surface area contributed by atoms with Crippen molar-refractivity contribution in [3.05, 3.63) is 65.1 Å². The van der Waals surface area contributed by atoms with Crippen molar-refractivity contribution in [3.8, 4) is 0 Å². The van der Waals surface area contributed by atoms with Gasteiger partial charge in [-0.15, -0.1) is 0 Å². The molecule has 4 nitrogen and oxygen atoms in total. The fraction of sp³-hybridized carbons (Fsp3) is 0.333. The monoisotopic (exact) mass is 333 g/mol. The molecule has 0 saturated heterocycles. The first-order valence-corrected chi connectivity index (χ1v) is 9.00. The summed E-state index contributed by atoms with van der Waals surface area (Å²) in [6, 6.07) is 10.1. The molecule has 1 amide bonds. The van der Waals surface area contributed by atoms with E-state index in [1.165, 1.54) is 35.0 Å². The third-order valence-corrected chi connectivity index (χ3v) is 5.18. The number of rotatable bonds is 4. The molecule has 4 heteroatoms. The minimum Gasteiger partial charge on any atom is -0.358 e. The van der Waals surface area contributed by atoms with Crippen molar-refractivity contribution in [3.63, 3.8) is 0 Å². The lowest BCUT2D eigenvalue weighted by atomic mass is 9.95. The number of benzene rings is 1. The van der Waals surface area contributed by atoms with Crippen LogP contribution in [0, 0.1) is 0 Å². The highest BCUT2D eigenvalue weighted by Crippen LogP contribution is 2.29. The number of fused-ring (bicyclic) bond motifs is 3. The normalized spacial score (nSPS) is 13.6. The van der Waals surface area contributed by atoms with Gasteiger partial charge in [0.05, 0.1) is 0 Å². The summed E-state index contributed by atoms with van der Waals surface area (Å²) in [6.07, 6.45) is 9.16. The molecule has 0 saturated carbocycles. The SMILES string of the molecule is CN(CCc1ccncc1)C(=O)c1ccc2[nH]c3c(c2c1)CCCC3. The Hall–Kier alpha value is -2.62. The maximum atomic E-state index is 12.8. The predicted octanol–water partition coefficient (Wildman–Crippen LogP) is 3.76. The molecule has 4 rings (SSSR count). The Balaban J connectivity index is 1.53. The van der Waals surface area contributed by atoms with Crippen LogP contribution in [0.2, 0.25) is 0 Å². The van der Waals surface area contributed by atoms with Crippen LogP contribution in [0.5, 0.6) is 0 Å². The molecule has 2 heterocycles. The molecule has 0 aliphatic heterocycles. The number of nitrogens with zero attached hydrogens (tertiary/aromatic N) is 2. The third-order valence-electron chi connectivity index (χ3n) is 5.18. The first-order valence-electron chi connectivity index (χ1n) is 9.00. The quantitative estimate of drug-likeness (QED) is 0.790. The fourth-order valence-corrected chi connectivity index (χ4v) is 3.71. The first-order chi connectivity index (χ1) is 12.2. The number of carbonyl (C=O) groups is 1. The summed E-state index contributed by atoms with van der Waals surface area (Å²) in [5, 5.41) is 1.23. The molecule has 1 N–H and O–H groups in total. The summed E-state index contributed by atoms with van der Waals surface area (Å²) in [5.41, 5.74) is 5.90. The van der Waals surface area contributed by atoms with Gasteiger partial charge in [0.15, 0.2) is 0 Å². The number of aryl methyl sites for hydroxylation is 2. The number of H-pyrrole nitrogens is 1. The van der Waals surface area contributed by atoms with E-state index in [0.717, 1.165) is 30.3 Å². The van der Waals surface area contributed by atoms with E-state index in [2.05, 4.69) is 22.1 Å². The van der Waals surface area contributed by atoms with Gasteiger partial charge in [0.25, 0.3) is 5.91 Å². The van der Waals surface area contributed by atoms with Crippen molar-refractivity contribution in [1.29, 1.82) is 0 Å². The van der Waals surface area contributed by atoms with Crippen LogP contribution in [0.1, 0.15) is 40.0 Å². The average Bonchev–Trinajstić information content (AvgIpc) is 3.04. The molecule has 1 aliphatic rings. The van der Waals surface area contributed by atoms with Gasteiger partial charge < -0.3 is 9.88 Å². The highest BCUT2D eigenvalue weighted by atomic mass is 16.2. The number of amides is 1. The predicted molar refractivity (Wildman–Crippen MR) is 99.8 cm³/mol. The van der Waals surface area contributed by atoms with Gasteiger partial charge in [0.1, 0.15) is 0 Å². The molecule has 0 spiro atoms. The molecule has 0 atom stereocenters. The van der Waals surface area contributed by atoms with Crippen LogP contribution in [-0.4, -0.2) is 34.4 Å². The van der Waals surface area contributed by atoms with Gasteiger partial charge in [-0.1, -0.05) is 0 Å². The Kier molecular flexibility index (Phi) is 4.26. The minimum atomic E-state index is 0.0849. The van der Waals surface area contributed by atoms with Crippen molar-refractivity contribution in [2.75, 3.05) is 13.6 Å². The number of aromatic nitrogens is 2. The molecule has 25 heavy (non-hydrogen) atoms. The van der Waals surface area contributed by atoms with Gasteiger partial charge in [-0.25, -0.2) is 0 Å². The van der Waals surface area contributed by atoms with Crippen molar-refractivity contribution in [2.24, 2.45) is 0 Å². The second-order valence-electron chi connectivity index (χ2n) is 6.88. The standard InChI is InChI=1S/C21H23N3O/c1-24(13-10-15-8-11-22-12-9-15)21(25)16-6-7-20-18(14-16)17-4-2-3-5-19(17)23-20/h6-9,11-12,14,23H,2-5,10,13H2,1H3. The smallest absolute Gasteiger partial charge is 0.253 e. The maximum absolute atomic E-state index is 12.8. The number of hydrogen-bond donors (Lipinski definition) is 1. The lowest BCUT2D eigenvalue weighted by molar-refractivity contribution is 0.0797. The van der Waals surface area contributed by atoms with Crippen molar-refractivity contribution in [2.45, 2.75) is 32.1 Å². The Morgan fingerprint density at radius 3 is 2.80 bits per heavy atom. The maximum Gasteiger partial charge on any atom is 0.253 e. The Bertz CT molecular complexity index is 898. The van der Waals surface area contributed by atoms with E-state index in [0.29, 0.717) is 6.54 Å². The van der Waals surface area contributed by atoms with Crippen LogP contribution in [0.4, 0.5) is 0 Å². The highest BCUT2D eigenvalue weighted by Gasteiger charge is 2.18. The summed E-state index contributed by atoms with van der Waals surface area (Å²) in [4.78, 5) is 22.2. The zero-order chi connectivity index (χ0) is 17.2. The lowest BCUT2D eigenvalue weighted by Gasteiger charge is -2.17. The van der Waals surface area contributed by atoms with Crippen LogP contribution < -0.4 is 0 Å². The molecule has 1 aliphatic carbocycles. The van der Waals surface area contributed by atoms with Crippen molar-refractivity contribution in [1.82, 2.24) is 14.9 Å². The largest absolute Gasteiger partial charge is 0.358 e. The van der Waals surface area contributed by atoms with Crippen LogP contribution >= 0.6 is 0 Å². The molecule has 3 aromatic rings. The van der Waals surface area contributed by atoms with Gasteiger partial charge in [-0.2, -0.15) is 0 Å². The van der Waals surface area contributed by atoms with Gasteiger partial charge in [0.2, 0.25) is 0 Å². The van der Waals surface area contributed by atoms with E-state index >= 15 is 0 Å². The topological polar surface area (TPSA) is 49.0 Å². The van der Waals surface area contributed by atoms with E-state index in [1.807, 2.05) is 25.2 Å². The number of aromatic amines is 1. The van der Waals surface area contributed by atoms with Crippen molar-refractivity contribution < 1.29 is 4.79 Å². The van der Waals surface area contributed by atoms with Crippen molar-refractivity contribution >= 4 is 16.8 Å².